The van der Waals surface area contributed by atoms with Crippen LogP contribution in [0.3, 0.4) is 0 Å². The first-order valence-electron chi connectivity index (χ1n) is 8.80. The van der Waals surface area contributed by atoms with Crippen LogP contribution in [0.15, 0.2) is 59.2 Å². The van der Waals surface area contributed by atoms with Crippen molar-refractivity contribution in [3.63, 3.8) is 0 Å². The average Bonchev–Trinajstić information content (AvgIpc) is 2.60. The zero-order valence-electron chi connectivity index (χ0n) is 14.5. The summed E-state index contributed by atoms with van der Waals surface area (Å²) >= 11 is 3.42. The smallest absolute Gasteiger partial charge is 0.0413 e. The van der Waals surface area contributed by atoms with Gasteiger partial charge in [-0.3, -0.25) is 4.98 Å². The fourth-order valence-corrected chi connectivity index (χ4v) is 2.76. The maximum Gasteiger partial charge on any atom is 0.0413 e. The van der Waals surface area contributed by atoms with Crippen molar-refractivity contribution in [1.29, 1.82) is 0 Å². The predicted octanol–water partition coefficient (Wildman–Crippen LogP) is 6.31. The summed E-state index contributed by atoms with van der Waals surface area (Å²) < 4.78 is 1.05. The van der Waals surface area contributed by atoms with E-state index in [-0.39, 0.29) is 0 Å². The molecule has 128 valence electrons. The Morgan fingerprint density at radius 3 is 2.50 bits per heavy atom. The van der Waals surface area contributed by atoms with Gasteiger partial charge >= 0.3 is 0 Å². The van der Waals surface area contributed by atoms with Crippen LogP contribution in [0.25, 0.3) is 0 Å². The lowest BCUT2D eigenvalue weighted by atomic mass is 10.1. The largest absolute Gasteiger partial charge is 0.382 e. The standard InChI is InChI=1S/C21H27BrN2/c1-18-10-13-21(14-11-18)23-16-8-6-4-2-3-5-7-9-20-15-12-19(22)17-24-20/h6,8,10-15,17,23H,2-5,7,9,16H2,1H3. The van der Waals surface area contributed by atoms with Gasteiger partial charge in [-0.05, 0) is 72.8 Å². The van der Waals surface area contributed by atoms with Crippen LogP contribution < -0.4 is 5.32 Å². The number of aromatic nitrogens is 1. The number of nitrogens with zero attached hydrogens (tertiary/aromatic N) is 1. The number of hydrogen-bond donors (Lipinski definition) is 1. The molecular formula is C21H27BrN2. The molecule has 2 nitrogen and oxygen atoms in total. The molecule has 0 radical (unpaired) electrons. The van der Waals surface area contributed by atoms with Gasteiger partial charge in [0.25, 0.3) is 0 Å². The van der Waals surface area contributed by atoms with Crippen LogP contribution in [0.2, 0.25) is 0 Å². The maximum atomic E-state index is 4.41. The van der Waals surface area contributed by atoms with E-state index in [2.05, 4.69) is 81.7 Å². The number of allylic oxidation sites excluding steroid dienone is 1. The number of hydrogen-bond acceptors (Lipinski definition) is 2. The number of rotatable bonds is 10. The Bertz CT molecular complexity index is 603. The van der Waals surface area contributed by atoms with Crippen molar-refractivity contribution in [1.82, 2.24) is 4.98 Å². The van der Waals surface area contributed by atoms with E-state index in [1.807, 2.05) is 6.20 Å². The number of pyridine rings is 1. The van der Waals surface area contributed by atoms with Crippen molar-refractivity contribution < 1.29 is 0 Å². The van der Waals surface area contributed by atoms with E-state index in [0.29, 0.717) is 0 Å². The molecule has 0 aliphatic carbocycles. The lowest BCUT2D eigenvalue weighted by molar-refractivity contribution is 0.641. The molecule has 0 aliphatic heterocycles. The number of halogens is 1. The minimum atomic E-state index is 0.901. The van der Waals surface area contributed by atoms with E-state index in [4.69, 9.17) is 0 Å². The van der Waals surface area contributed by atoms with E-state index in [1.54, 1.807) is 0 Å². The van der Waals surface area contributed by atoms with Crippen LogP contribution in [0.5, 0.6) is 0 Å². The van der Waals surface area contributed by atoms with Gasteiger partial charge in [0.15, 0.2) is 0 Å². The van der Waals surface area contributed by atoms with Crippen molar-refractivity contribution in [2.24, 2.45) is 0 Å². The minimum Gasteiger partial charge on any atom is -0.382 e. The van der Waals surface area contributed by atoms with Crippen molar-refractivity contribution in [3.8, 4) is 0 Å². The van der Waals surface area contributed by atoms with Crippen molar-refractivity contribution in [2.75, 3.05) is 11.9 Å². The van der Waals surface area contributed by atoms with Gasteiger partial charge in [0.2, 0.25) is 0 Å². The summed E-state index contributed by atoms with van der Waals surface area (Å²) in [6, 6.07) is 12.7. The number of benzene rings is 1. The first kappa shape index (κ1) is 18.7. The molecular weight excluding hydrogens is 360 g/mol. The van der Waals surface area contributed by atoms with Gasteiger partial charge in [-0.2, -0.15) is 0 Å². The molecule has 0 saturated heterocycles. The SMILES string of the molecule is Cc1ccc(NCC=CCCCCCCc2ccc(Br)cn2)cc1. The second-order valence-corrected chi connectivity index (χ2v) is 7.05. The molecule has 0 bridgehead atoms. The van der Waals surface area contributed by atoms with Crippen LogP contribution in [0.4, 0.5) is 5.69 Å². The molecule has 0 aliphatic rings. The topological polar surface area (TPSA) is 24.9 Å². The Morgan fingerprint density at radius 1 is 0.958 bits per heavy atom. The molecule has 0 fully saturated rings. The minimum absolute atomic E-state index is 0.901. The third-order valence-electron chi connectivity index (χ3n) is 3.98. The fourth-order valence-electron chi connectivity index (χ4n) is 2.53. The first-order valence-corrected chi connectivity index (χ1v) is 9.59. The van der Waals surface area contributed by atoms with Crippen molar-refractivity contribution in [2.45, 2.75) is 45.4 Å². The quantitative estimate of drug-likeness (QED) is 0.381. The Balaban J connectivity index is 1.46. The Labute approximate surface area is 154 Å². The molecule has 3 heteroatoms. The molecule has 0 saturated carbocycles. The molecule has 2 rings (SSSR count). The summed E-state index contributed by atoms with van der Waals surface area (Å²) in [5, 5.41) is 3.41. The third kappa shape index (κ3) is 7.78. The zero-order chi connectivity index (χ0) is 17.0. The van der Waals surface area contributed by atoms with Gasteiger partial charge in [0.1, 0.15) is 0 Å². The highest BCUT2D eigenvalue weighted by molar-refractivity contribution is 9.10. The Kier molecular flexibility index (Phi) is 8.61. The highest BCUT2D eigenvalue weighted by Crippen LogP contribution is 2.11. The summed E-state index contributed by atoms with van der Waals surface area (Å²) in [5.41, 5.74) is 3.68. The summed E-state index contributed by atoms with van der Waals surface area (Å²) in [5.74, 6) is 0. The van der Waals surface area contributed by atoms with Gasteiger partial charge in [0.05, 0.1) is 0 Å². The van der Waals surface area contributed by atoms with Crippen molar-refractivity contribution in [3.05, 3.63) is 70.5 Å². The molecule has 24 heavy (non-hydrogen) atoms. The Morgan fingerprint density at radius 2 is 1.75 bits per heavy atom. The van der Waals surface area contributed by atoms with Crippen LogP contribution >= 0.6 is 15.9 Å². The predicted molar refractivity (Wildman–Crippen MR) is 108 cm³/mol. The van der Waals surface area contributed by atoms with Crippen LogP contribution in [0, 0.1) is 6.92 Å². The molecule has 1 heterocycles. The zero-order valence-corrected chi connectivity index (χ0v) is 16.1. The van der Waals surface area contributed by atoms with Crippen LogP contribution in [-0.4, -0.2) is 11.5 Å². The molecule has 0 unspecified atom stereocenters. The molecule has 0 atom stereocenters. The van der Waals surface area contributed by atoms with E-state index >= 15 is 0 Å². The molecule has 0 spiro atoms. The number of unbranched alkanes of at least 4 members (excludes halogenated alkanes) is 4. The summed E-state index contributed by atoms with van der Waals surface area (Å²) in [4.78, 5) is 4.41. The summed E-state index contributed by atoms with van der Waals surface area (Å²) in [7, 11) is 0. The van der Waals surface area contributed by atoms with Gasteiger partial charge in [-0.25, -0.2) is 0 Å². The maximum absolute atomic E-state index is 4.41. The molecule has 0 amide bonds. The second-order valence-electron chi connectivity index (χ2n) is 6.14. The van der Waals surface area contributed by atoms with E-state index < -0.39 is 0 Å². The third-order valence-corrected chi connectivity index (χ3v) is 4.45. The van der Waals surface area contributed by atoms with Gasteiger partial charge in [-0.15, -0.1) is 0 Å². The van der Waals surface area contributed by atoms with Gasteiger partial charge in [-0.1, -0.05) is 42.7 Å². The highest BCUT2D eigenvalue weighted by Gasteiger charge is 1.95. The molecule has 1 aromatic heterocycles. The fraction of sp³-hybridized carbons (Fsp3) is 0.381. The second kappa shape index (κ2) is 11.0. The lowest BCUT2D eigenvalue weighted by Crippen LogP contribution is -1.97. The van der Waals surface area contributed by atoms with Gasteiger partial charge in [0, 0.05) is 28.6 Å². The van der Waals surface area contributed by atoms with Crippen LogP contribution in [-0.2, 0) is 6.42 Å². The van der Waals surface area contributed by atoms with E-state index in [9.17, 15) is 0 Å². The summed E-state index contributed by atoms with van der Waals surface area (Å²) in [6.45, 7) is 3.01. The number of nitrogens with one attached hydrogen (secondary N) is 1. The molecule has 2 aromatic rings. The van der Waals surface area contributed by atoms with E-state index in [0.717, 1.165) is 17.4 Å². The molecule has 1 N–H and O–H groups in total. The summed E-state index contributed by atoms with van der Waals surface area (Å²) in [6.07, 6.45) is 13.7. The number of anilines is 1. The lowest BCUT2D eigenvalue weighted by Gasteiger charge is -2.03. The van der Waals surface area contributed by atoms with Crippen LogP contribution in [0.1, 0.15) is 43.4 Å². The first-order chi connectivity index (χ1) is 11.7. The molecule has 1 aromatic carbocycles. The van der Waals surface area contributed by atoms with Gasteiger partial charge < -0.3 is 5.32 Å². The number of aryl methyl sites for hydroxylation is 2. The van der Waals surface area contributed by atoms with E-state index in [1.165, 1.54) is 49.0 Å². The average molecular weight is 387 g/mol. The monoisotopic (exact) mass is 386 g/mol. The highest BCUT2D eigenvalue weighted by atomic mass is 79.9. The van der Waals surface area contributed by atoms with Crippen molar-refractivity contribution >= 4 is 21.6 Å². The Hall–Kier alpha value is -1.61. The normalized spacial score (nSPS) is 11.1.